The number of benzene rings is 1. The van der Waals surface area contributed by atoms with Crippen LogP contribution in [0.1, 0.15) is 28.4 Å². The highest BCUT2D eigenvalue weighted by Gasteiger charge is 2.18. The number of anilines is 1. The molecule has 1 aromatic carbocycles. The number of ether oxygens (including phenoxy) is 1. The Morgan fingerprint density at radius 1 is 1.27 bits per heavy atom. The number of pyridine rings is 2. The number of carbonyl (C=O) groups excluding carboxylic acids is 1. The number of hydrogen-bond acceptors (Lipinski definition) is 5. The molecule has 0 radical (unpaired) electrons. The quantitative estimate of drug-likeness (QED) is 0.632. The third-order valence-electron chi connectivity index (χ3n) is 3.91. The van der Waals surface area contributed by atoms with Gasteiger partial charge in [0, 0.05) is 35.5 Å². The van der Waals surface area contributed by atoms with Crippen LogP contribution in [-0.4, -0.2) is 22.5 Å². The number of nitrogens with one attached hydrogen (secondary N) is 1. The molecule has 0 aliphatic carbocycles. The van der Waals surface area contributed by atoms with Gasteiger partial charge in [0.15, 0.2) is 0 Å². The smallest absolute Gasteiger partial charge is 0.341 e. The fourth-order valence-corrected chi connectivity index (χ4v) is 2.78. The maximum atomic E-state index is 12.3. The van der Waals surface area contributed by atoms with Crippen LogP contribution in [-0.2, 0) is 11.3 Å². The molecule has 0 atom stereocenters. The molecule has 0 unspecified atom stereocenters. The minimum atomic E-state index is -0.404. The van der Waals surface area contributed by atoms with E-state index in [1.807, 2.05) is 31.2 Å². The van der Waals surface area contributed by atoms with Crippen LogP contribution in [0.25, 0.3) is 10.9 Å². The van der Waals surface area contributed by atoms with E-state index in [4.69, 9.17) is 16.3 Å². The van der Waals surface area contributed by atoms with Crippen LogP contribution >= 0.6 is 24.0 Å². The van der Waals surface area contributed by atoms with E-state index >= 15 is 0 Å². The normalized spacial score (nSPS) is 10.3. The van der Waals surface area contributed by atoms with Gasteiger partial charge in [-0.15, -0.1) is 12.4 Å². The van der Waals surface area contributed by atoms with Crippen molar-refractivity contribution >= 4 is 46.6 Å². The standard InChI is InChI=1S/C19H18ClN3O2.ClH/c1-3-25-19(24)15-11-23-17-12(2)16(20)7-6-14(17)18(15)22-10-13-5-4-8-21-9-13;/h4-9,11H,3,10H2,1-2H3,(H,22,23);1H. The van der Waals surface area contributed by atoms with Crippen molar-refractivity contribution in [3.63, 3.8) is 0 Å². The second kappa shape index (κ2) is 8.83. The highest BCUT2D eigenvalue weighted by Crippen LogP contribution is 2.32. The van der Waals surface area contributed by atoms with E-state index in [2.05, 4.69) is 15.3 Å². The minimum absolute atomic E-state index is 0. The number of nitrogens with zero attached hydrogens (tertiary/aromatic N) is 2. The maximum absolute atomic E-state index is 12.3. The molecule has 0 spiro atoms. The Morgan fingerprint density at radius 2 is 2.08 bits per heavy atom. The molecule has 0 aliphatic heterocycles. The van der Waals surface area contributed by atoms with E-state index in [0.29, 0.717) is 29.4 Å². The van der Waals surface area contributed by atoms with Crippen LogP contribution in [0.3, 0.4) is 0 Å². The monoisotopic (exact) mass is 391 g/mol. The lowest BCUT2D eigenvalue weighted by molar-refractivity contribution is 0.0527. The summed E-state index contributed by atoms with van der Waals surface area (Å²) in [4.78, 5) is 20.9. The van der Waals surface area contributed by atoms with Crippen molar-refractivity contribution in [1.82, 2.24) is 9.97 Å². The van der Waals surface area contributed by atoms with Gasteiger partial charge < -0.3 is 10.1 Å². The zero-order valence-corrected chi connectivity index (χ0v) is 16.0. The van der Waals surface area contributed by atoms with E-state index in [1.165, 1.54) is 6.20 Å². The van der Waals surface area contributed by atoms with Gasteiger partial charge in [-0.25, -0.2) is 4.79 Å². The Bertz CT molecular complexity index is 918. The summed E-state index contributed by atoms with van der Waals surface area (Å²) in [6.07, 6.45) is 5.04. The van der Waals surface area contributed by atoms with Crippen molar-refractivity contribution in [1.29, 1.82) is 0 Å². The van der Waals surface area contributed by atoms with Crippen molar-refractivity contribution in [2.45, 2.75) is 20.4 Å². The second-order valence-electron chi connectivity index (χ2n) is 5.55. The first-order chi connectivity index (χ1) is 12.1. The van der Waals surface area contributed by atoms with Crippen LogP contribution in [0, 0.1) is 6.92 Å². The molecule has 0 fully saturated rings. The zero-order chi connectivity index (χ0) is 17.8. The molecular weight excluding hydrogens is 373 g/mol. The van der Waals surface area contributed by atoms with Crippen molar-refractivity contribution in [3.8, 4) is 0 Å². The van der Waals surface area contributed by atoms with E-state index < -0.39 is 5.97 Å². The molecule has 1 N–H and O–H groups in total. The van der Waals surface area contributed by atoms with Gasteiger partial charge in [-0.3, -0.25) is 9.97 Å². The number of halogens is 2. The molecule has 26 heavy (non-hydrogen) atoms. The predicted octanol–water partition coefficient (Wildman–Crippen LogP) is 4.80. The molecule has 0 saturated carbocycles. The SMILES string of the molecule is CCOC(=O)c1cnc2c(C)c(Cl)ccc2c1NCc1cccnc1.Cl. The summed E-state index contributed by atoms with van der Waals surface area (Å²) in [6, 6.07) is 7.52. The molecule has 2 aromatic heterocycles. The van der Waals surface area contributed by atoms with Gasteiger partial charge in [0.25, 0.3) is 0 Å². The summed E-state index contributed by atoms with van der Waals surface area (Å²) in [5.41, 5.74) is 3.73. The van der Waals surface area contributed by atoms with Gasteiger partial charge in [-0.2, -0.15) is 0 Å². The van der Waals surface area contributed by atoms with Crippen LogP contribution < -0.4 is 5.32 Å². The van der Waals surface area contributed by atoms with E-state index in [1.54, 1.807) is 19.3 Å². The third-order valence-corrected chi connectivity index (χ3v) is 4.32. The average Bonchev–Trinajstić information content (AvgIpc) is 2.63. The summed E-state index contributed by atoms with van der Waals surface area (Å²) >= 11 is 6.20. The van der Waals surface area contributed by atoms with Gasteiger partial charge in [0.1, 0.15) is 5.56 Å². The molecule has 2 heterocycles. The largest absolute Gasteiger partial charge is 0.462 e. The number of rotatable bonds is 5. The molecule has 3 rings (SSSR count). The third kappa shape index (κ3) is 4.06. The Morgan fingerprint density at radius 3 is 2.77 bits per heavy atom. The summed E-state index contributed by atoms with van der Waals surface area (Å²) in [5.74, 6) is -0.404. The molecule has 0 saturated heterocycles. The topological polar surface area (TPSA) is 64.1 Å². The van der Waals surface area contributed by atoms with Gasteiger partial charge in [0.2, 0.25) is 0 Å². The second-order valence-corrected chi connectivity index (χ2v) is 5.96. The maximum Gasteiger partial charge on any atom is 0.341 e. The first kappa shape index (κ1) is 19.9. The van der Waals surface area contributed by atoms with Crippen molar-refractivity contribution in [2.75, 3.05) is 11.9 Å². The highest BCUT2D eigenvalue weighted by molar-refractivity contribution is 6.32. The number of aromatic nitrogens is 2. The lowest BCUT2D eigenvalue weighted by Gasteiger charge is -2.15. The molecule has 7 heteroatoms. The van der Waals surface area contributed by atoms with Crippen molar-refractivity contribution in [3.05, 3.63) is 64.6 Å². The lowest BCUT2D eigenvalue weighted by atomic mass is 10.1. The first-order valence-electron chi connectivity index (χ1n) is 7.99. The van der Waals surface area contributed by atoms with Crippen LogP contribution in [0.15, 0.2) is 42.9 Å². The van der Waals surface area contributed by atoms with Crippen LogP contribution in [0.4, 0.5) is 5.69 Å². The predicted molar refractivity (Wildman–Crippen MR) is 106 cm³/mol. The number of carbonyl (C=O) groups is 1. The van der Waals surface area contributed by atoms with Crippen molar-refractivity contribution in [2.24, 2.45) is 0 Å². The van der Waals surface area contributed by atoms with Crippen LogP contribution in [0.2, 0.25) is 5.02 Å². The molecule has 5 nitrogen and oxygen atoms in total. The van der Waals surface area contributed by atoms with E-state index in [-0.39, 0.29) is 12.4 Å². The van der Waals surface area contributed by atoms with Gasteiger partial charge in [-0.1, -0.05) is 17.7 Å². The Labute approximate surface area is 163 Å². The van der Waals surface area contributed by atoms with Gasteiger partial charge in [-0.05, 0) is 43.2 Å². The molecule has 0 bridgehead atoms. The summed E-state index contributed by atoms with van der Waals surface area (Å²) in [5, 5.41) is 4.81. The summed E-state index contributed by atoms with van der Waals surface area (Å²) in [6.45, 7) is 4.52. The minimum Gasteiger partial charge on any atom is -0.462 e. The Hall–Kier alpha value is -2.37. The fourth-order valence-electron chi connectivity index (χ4n) is 2.63. The van der Waals surface area contributed by atoms with Gasteiger partial charge >= 0.3 is 5.97 Å². The molecule has 136 valence electrons. The fraction of sp³-hybridized carbons (Fsp3) is 0.211. The highest BCUT2D eigenvalue weighted by atomic mass is 35.5. The summed E-state index contributed by atoms with van der Waals surface area (Å²) in [7, 11) is 0. The molecule has 0 amide bonds. The van der Waals surface area contributed by atoms with E-state index in [0.717, 1.165) is 22.0 Å². The number of aryl methyl sites for hydroxylation is 1. The first-order valence-corrected chi connectivity index (χ1v) is 8.37. The van der Waals surface area contributed by atoms with E-state index in [9.17, 15) is 4.79 Å². The number of esters is 1. The number of fused-ring (bicyclic) bond motifs is 1. The Kier molecular flexibility index (Phi) is 6.77. The Balaban J connectivity index is 0.00000243. The number of hydrogen-bond donors (Lipinski definition) is 1. The summed E-state index contributed by atoms with van der Waals surface area (Å²) < 4.78 is 5.17. The average molecular weight is 392 g/mol. The van der Waals surface area contributed by atoms with Gasteiger partial charge in [0.05, 0.1) is 17.8 Å². The van der Waals surface area contributed by atoms with Crippen LogP contribution in [0.5, 0.6) is 0 Å². The lowest BCUT2D eigenvalue weighted by Crippen LogP contribution is -2.11. The van der Waals surface area contributed by atoms with Crippen molar-refractivity contribution < 1.29 is 9.53 Å². The molecule has 3 aromatic rings. The molecular formula is C19H19Cl2N3O2. The molecule has 0 aliphatic rings. The zero-order valence-electron chi connectivity index (χ0n) is 14.5.